The molecule has 1 saturated heterocycles. The van der Waals surface area contributed by atoms with E-state index in [1.807, 2.05) is 4.90 Å². The van der Waals surface area contributed by atoms with Gasteiger partial charge in [0.25, 0.3) is 0 Å². The highest BCUT2D eigenvalue weighted by atomic mass is 19.1. The molecule has 1 heterocycles. The average molecular weight is 323 g/mol. The van der Waals surface area contributed by atoms with Gasteiger partial charge in [-0.15, -0.1) is 0 Å². The molecule has 1 amide bonds. The van der Waals surface area contributed by atoms with Gasteiger partial charge in [0.2, 0.25) is 5.91 Å². The Balaban J connectivity index is 1.77. The summed E-state index contributed by atoms with van der Waals surface area (Å²) in [6, 6.07) is 3.57. The lowest BCUT2D eigenvalue weighted by Crippen LogP contribution is -2.53. The maximum atomic E-state index is 14.2. The summed E-state index contributed by atoms with van der Waals surface area (Å²) in [6.45, 7) is 2.11. The Hall–Kier alpha value is -1.49. The normalized spacial score (nSPS) is 21.1. The standard InChI is InChI=1S/C18H23F2NO2/c1-23-12-13-5-9-21(10-6-13)17(22)18(7-2-8-18)15-4-3-14(19)11-16(15)20/h3-4,11,13H,2,5-10,12H2,1H3. The van der Waals surface area contributed by atoms with Crippen molar-refractivity contribution in [1.29, 1.82) is 0 Å². The number of likely N-dealkylation sites (tertiary alicyclic amines) is 1. The Morgan fingerprint density at radius 3 is 2.52 bits per heavy atom. The topological polar surface area (TPSA) is 29.5 Å². The number of methoxy groups -OCH3 is 1. The first-order valence-electron chi connectivity index (χ1n) is 8.30. The van der Waals surface area contributed by atoms with Gasteiger partial charge in [0.15, 0.2) is 0 Å². The molecule has 0 spiro atoms. The van der Waals surface area contributed by atoms with Crippen LogP contribution in [-0.4, -0.2) is 37.6 Å². The molecule has 1 aliphatic heterocycles. The van der Waals surface area contributed by atoms with Gasteiger partial charge in [-0.3, -0.25) is 4.79 Å². The van der Waals surface area contributed by atoms with Gasteiger partial charge in [-0.2, -0.15) is 0 Å². The minimum Gasteiger partial charge on any atom is -0.384 e. The van der Waals surface area contributed by atoms with Gasteiger partial charge in [0.05, 0.1) is 5.41 Å². The quantitative estimate of drug-likeness (QED) is 0.851. The summed E-state index contributed by atoms with van der Waals surface area (Å²) < 4.78 is 32.6. The number of hydrogen-bond acceptors (Lipinski definition) is 2. The van der Waals surface area contributed by atoms with Crippen molar-refractivity contribution in [1.82, 2.24) is 4.90 Å². The summed E-state index contributed by atoms with van der Waals surface area (Å²) in [4.78, 5) is 14.9. The molecule has 3 nitrogen and oxygen atoms in total. The molecule has 3 rings (SSSR count). The van der Waals surface area contributed by atoms with E-state index in [4.69, 9.17) is 4.74 Å². The van der Waals surface area contributed by atoms with Crippen LogP contribution in [0.1, 0.15) is 37.7 Å². The third kappa shape index (κ3) is 2.99. The first-order chi connectivity index (χ1) is 11.1. The van der Waals surface area contributed by atoms with Crippen LogP contribution in [0.25, 0.3) is 0 Å². The number of carbonyl (C=O) groups is 1. The Labute approximate surface area is 135 Å². The number of hydrogen-bond donors (Lipinski definition) is 0. The van der Waals surface area contributed by atoms with Crippen LogP contribution in [0.3, 0.4) is 0 Å². The Morgan fingerprint density at radius 1 is 1.30 bits per heavy atom. The van der Waals surface area contributed by atoms with Crippen LogP contribution in [0, 0.1) is 17.6 Å². The van der Waals surface area contributed by atoms with E-state index < -0.39 is 17.0 Å². The zero-order chi connectivity index (χ0) is 16.4. The molecule has 2 aliphatic rings. The zero-order valence-corrected chi connectivity index (χ0v) is 13.5. The van der Waals surface area contributed by atoms with Gasteiger partial charge >= 0.3 is 0 Å². The second-order valence-corrected chi connectivity index (χ2v) is 6.75. The third-order valence-corrected chi connectivity index (χ3v) is 5.37. The molecule has 1 aromatic rings. The fourth-order valence-electron chi connectivity index (χ4n) is 3.85. The lowest BCUT2D eigenvalue weighted by atomic mass is 9.63. The van der Waals surface area contributed by atoms with Crippen LogP contribution in [0.2, 0.25) is 0 Å². The van der Waals surface area contributed by atoms with Crippen molar-refractivity contribution >= 4 is 5.91 Å². The van der Waals surface area contributed by atoms with Crippen molar-refractivity contribution in [2.24, 2.45) is 5.92 Å². The number of carbonyl (C=O) groups excluding carboxylic acids is 1. The predicted octanol–water partition coefficient (Wildman–Crippen LogP) is 3.27. The average Bonchev–Trinajstić information content (AvgIpc) is 2.49. The lowest BCUT2D eigenvalue weighted by Gasteiger charge is -2.45. The number of halogens is 2. The van der Waals surface area contributed by atoms with Gasteiger partial charge < -0.3 is 9.64 Å². The molecule has 1 aromatic carbocycles. The largest absolute Gasteiger partial charge is 0.384 e. The molecule has 2 fully saturated rings. The van der Waals surface area contributed by atoms with Crippen molar-refractivity contribution in [3.05, 3.63) is 35.4 Å². The second-order valence-electron chi connectivity index (χ2n) is 6.75. The van der Waals surface area contributed by atoms with Crippen LogP contribution in [0.15, 0.2) is 18.2 Å². The summed E-state index contributed by atoms with van der Waals surface area (Å²) in [7, 11) is 1.69. The molecule has 0 radical (unpaired) electrons. The summed E-state index contributed by atoms with van der Waals surface area (Å²) in [5.74, 6) is -0.713. The first-order valence-corrected chi connectivity index (χ1v) is 8.30. The number of nitrogens with zero attached hydrogens (tertiary/aromatic N) is 1. The Bertz CT molecular complexity index is 578. The number of rotatable bonds is 4. The molecule has 0 N–H and O–H groups in total. The van der Waals surface area contributed by atoms with E-state index in [-0.39, 0.29) is 5.91 Å². The third-order valence-electron chi connectivity index (χ3n) is 5.37. The van der Waals surface area contributed by atoms with Crippen molar-refractivity contribution in [2.45, 2.75) is 37.5 Å². The number of piperidine rings is 1. The van der Waals surface area contributed by atoms with E-state index >= 15 is 0 Å². The molecule has 126 valence electrons. The van der Waals surface area contributed by atoms with Gasteiger partial charge in [-0.05, 0) is 37.7 Å². The fourth-order valence-corrected chi connectivity index (χ4v) is 3.85. The van der Waals surface area contributed by atoms with Crippen molar-refractivity contribution in [2.75, 3.05) is 26.8 Å². The lowest BCUT2D eigenvalue weighted by molar-refractivity contribution is -0.142. The number of benzene rings is 1. The van der Waals surface area contributed by atoms with Gasteiger partial charge in [0, 0.05) is 38.4 Å². The molecule has 0 atom stereocenters. The van der Waals surface area contributed by atoms with Crippen LogP contribution in [0.4, 0.5) is 8.78 Å². The molecule has 0 bridgehead atoms. The maximum Gasteiger partial charge on any atom is 0.233 e. The molecule has 0 unspecified atom stereocenters. The highest BCUT2D eigenvalue weighted by Crippen LogP contribution is 2.46. The molecule has 1 saturated carbocycles. The van der Waals surface area contributed by atoms with Crippen molar-refractivity contribution in [3.8, 4) is 0 Å². The predicted molar refractivity (Wildman–Crippen MR) is 83.1 cm³/mol. The molecular weight excluding hydrogens is 300 g/mol. The van der Waals surface area contributed by atoms with Crippen molar-refractivity contribution < 1.29 is 18.3 Å². The Morgan fingerprint density at radius 2 is 2.00 bits per heavy atom. The zero-order valence-electron chi connectivity index (χ0n) is 13.5. The van der Waals surface area contributed by atoms with Gasteiger partial charge in [-0.1, -0.05) is 12.5 Å². The molecular formula is C18H23F2NO2. The second kappa shape index (κ2) is 6.56. The summed E-state index contributed by atoms with van der Waals surface area (Å²) in [5.41, 5.74) is -0.430. The molecule has 1 aliphatic carbocycles. The van der Waals surface area contributed by atoms with Gasteiger partial charge in [0.1, 0.15) is 11.6 Å². The Kier molecular flexibility index (Phi) is 4.67. The molecule has 0 aromatic heterocycles. The minimum absolute atomic E-state index is 0.00475. The SMILES string of the molecule is COCC1CCN(C(=O)C2(c3ccc(F)cc3F)CCC2)CC1. The van der Waals surface area contributed by atoms with Crippen LogP contribution < -0.4 is 0 Å². The van der Waals surface area contributed by atoms with E-state index in [1.165, 1.54) is 12.1 Å². The first kappa shape index (κ1) is 16.4. The van der Waals surface area contributed by atoms with Gasteiger partial charge in [-0.25, -0.2) is 8.78 Å². The summed E-state index contributed by atoms with van der Waals surface area (Å²) in [6.07, 6.45) is 4.03. The van der Waals surface area contributed by atoms with Crippen LogP contribution in [-0.2, 0) is 14.9 Å². The number of amides is 1. The van der Waals surface area contributed by atoms with Crippen LogP contribution >= 0.6 is 0 Å². The van der Waals surface area contributed by atoms with E-state index in [0.717, 1.165) is 31.9 Å². The molecule has 23 heavy (non-hydrogen) atoms. The molecule has 5 heteroatoms. The number of ether oxygens (including phenoxy) is 1. The fraction of sp³-hybridized carbons (Fsp3) is 0.611. The highest BCUT2D eigenvalue weighted by molar-refractivity contribution is 5.89. The highest BCUT2D eigenvalue weighted by Gasteiger charge is 2.49. The maximum absolute atomic E-state index is 14.2. The smallest absolute Gasteiger partial charge is 0.233 e. The van der Waals surface area contributed by atoms with Crippen LogP contribution in [0.5, 0.6) is 0 Å². The van der Waals surface area contributed by atoms with E-state index in [9.17, 15) is 13.6 Å². The van der Waals surface area contributed by atoms with E-state index in [0.29, 0.717) is 37.4 Å². The van der Waals surface area contributed by atoms with E-state index in [2.05, 4.69) is 0 Å². The monoisotopic (exact) mass is 323 g/mol. The summed E-state index contributed by atoms with van der Waals surface area (Å²) in [5, 5.41) is 0. The van der Waals surface area contributed by atoms with E-state index in [1.54, 1.807) is 7.11 Å². The summed E-state index contributed by atoms with van der Waals surface area (Å²) >= 11 is 0. The minimum atomic E-state index is -0.786. The van der Waals surface area contributed by atoms with Crippen molar-refractivity contribution in [3.63, 3.8) is 0 Å².